The van der Waals surface area contributed by atoms with Gasteiger partial charge < -0.3 is 5.11 Å². The maximum Gasteiger partial charge on any atom is 0.0695 e. The van der Waals surface area contributed by atoms with Gasteiger partial charge in [-0.1, -0.05) is 33.9 Å². The second kappa shape index (κ2) is 5.00. The van der Waals surface area contributed by atoms with E-state index in [9.17, 15) is 0 Å². The van der Waals surface area contributed by atoms with E-state index in [0.29, 0.717) is 10.6 Å². The fourth-order valence-electron chi connectivity index (χ4n) is 1.47. The van der Waals surface area contributed by atoms with E-state index < -0.39 is 8.07 Å². The third-order valence-corrected chi connectivity index (χ3v) is 9.72. The molecular weight excluding hydrogens is 188 g/mol. The van der Waals surface area contributed by atoms with Crippen molar-refractivity contribution in [2.45, 2.75) is 57.3 Å². The summed E-state index contributed by atoms with van der Waals surface area (Å²) in [4.78, 5) is 0. The fourth-order valence-corrected chi connectivity index (χ4v) is 3.86. The molecule has 0 aliphatic carbocycles. The molecule has 0 aromatic carbocycles. The first-order chi connectivity index (χ1) is 6.27. The number of rotatable bonds is 4. The van der Waals surface area contributed by atoms with Crippen LogP contribution in [0.3, 0.4) is 0 Å². The quantitative estimate of drug-likeness (QED) is 0.560. The van der Waals surface area contributed by atoms with E-state index in [1.54, 1.807) is 0 Å². The van der Waals surface area contributed by atoms with Gasteiger partial charge in [-0.05, 0) is 17.9 Å². The highest BCUT2D eigenvalue weighted by molar-refractivity contribution is 6.82. The highest BCUT2D eigenvalue weighted by Gasteiger charge is 2.40. The smallest absolute Gasteiger partial charge is 0.0695 e. The van der Waals surface area contributed by atoms with E-state index >= 15 is 0 Å². The largest absolute Gasteiger partial charge is 0.396 e. The molecular formula is C12H24OSi. The molecule has 1 N–H and O–H groups in total. The van der Waals surface area contributed by atoms with Crippen molar-refractivity contribution in [1.82, 2.24) is 0 Å². The van der Waals surface area contributed by atoms with Crippen LogP contribution in [0.4, 0.5) is 0 Å². The van der Waals surface area contributed by atoms with Gasteiger partial charge in [0.15, 0.2) is 0 Å². The predicted octanol–water partition coefficient (Wildman–Crippen LogP) is 3.27. The SMILES string of the molecule is C#CC(CCCO)[Si](C)(C)C(C)(C)C. The third-order valence-electron chi connectivity index (χ3n) is 3.66. The van der Waals surface area contributed by atoms with Crippen molar-refractivity contribution < 1.29 is 5.11 Å². The Morgan fingerprint density at radius 1 is 1.36 bits per heavy atom. The molecule has 0 radical (unpaired) electrons. The molecule has 0 spiro atoms. The summed E-state index contributed by atoms with van der Waals surface area (Å²) in [6.45, 7) is 11.8. The van der Waals surface area contributed by atoms with E-state index in [1.165, 1.54) is 0 Å². The average molecular weight is 212 g/mol. The molecule has 0 saturated heterocycles. The molecule has 1 nitrogen and oxygen atoms in total. The first-order valence-corrected chi connectivity index (χ1v) is 8.42. The summed E-state index contributed by atoms with van der Waals surface area (Å²) >= 11 is 0. The maximum absolute atomic E-state index is 8.83. The van der Waals surface area contributed by atoms with E-state index in [0.717, 1.165) is 12.8 Å². The van der Waals surface area contributed by atoms with Crippen molar-refractivity contribution in [1.29, 1.82) is 0 Å². The monoisotopic (exact) mass is 212 g/mol. The molecule has 0 amide bonds. The van der Waals surface area contributed by atoms with Gasteiger partial charge >= 0.3 is 0 Å². The van der Waals surface area contributed by atoms with Crippen LogP contribution in [-0.4, -0.2) is 19.8 Å². The second-order valence-electron chi connectivity index (χ2n) is 5.56. The van der Waals surface area contributed by atoms with E-state index in [2.05, 4.69) is 39.8 Å². The van der Waals surface area contributed by atoms with Gasteiger partial charge in [-0.25, -0.2) is 0 Å². The van der Waals surface area contributed by atoms with Crippen molar-refractivity contribution in [3.63, 3.8) is 0 Å². The Bertz CT molecular complexity index is 207. The van der Waals surface area contributed by atoms with E-state index in [-0.39, 0.29) is 6.61 Å². The number of aliphatic hydroxyl groups excluding tert-OH is 1. The number of hydrogen-bond donors (Lipinski definition) is 1. The summed E-state index contributed by atoms with van der Waals surface area (Å²) in [6, 6.07) is 0. The molecule has 0 rings (SSSR count). The van der Waals surface area contributed by atoms with Crippen LogP contribution in [0.15, 0.2) is 0 Å². The standard InChI is InChI=1S/C12H24OSi/c1-7-11(9-8-10-13)14(5,6)12(2,3)4/h1,11,13H,8-10H2,2-6H3. The predicted molar refractivity (Wildman–Crippen MR) is 66.1 cm³/mol. The maximum atomic E-state index is 8.83. The first kappa shape index (κ1) is 13.7. The van der Waals surface area contributed by atoms with Gasteiger partial charge in [-0.2, -0.15) is 0 Å². The lowest BCUT2D eigenvalue weighted by Gasteiger charge is -2.41. The van der Waals surface area contributed by atoms with Gasteiger partial charge in [-0.15, -0.1) is 12.3 Å². The highest BCUT2D eigenvalue weighted by Crippen LogP contribution is 2.44. The van der Waals surface area contributed by atoms with Crippen LogP contribution in [-0.2, 0) is 0 Å². The molecule has 0 aromatic rings. The normalized spacial score (nSPS) is 14.9. The van der Waals surface area contributed by atoms with Gasteiger partial charge in [0.05, 0.1) is 8.07 Å². The van der Waals surface area contributed by atoms with Gasteiger partial charge in [0.1, 0.15) is 0 Å². The van der Waals surface area contributed by atoms with Crippen LogP contribution in [0.1, 0.15) is 33.6 Å². The molecule has 0 aromatic heterocycles. The highest BCUT2D eigenvalue weighted by atomic mass is 28.3. The van der Waals surface area contributed by atoms with Gasteiger partial charge in [-0.3, -0.25) is 0 Å². The Morgan fingerprint density at radius 2 is 1.86 bits per heavy atom. The minimum atomic E-state index is -1.42. The van der Waals surface area contributed by atoms with Gasteiger partial charge in [0, 0.05) is 12.1 Å². The summed E-state index contributed by atoms with van der Waals surface area (Å²) in [5.41, 5.74) is 0.384. The molecule has 1 atom stereocenters. The Kier molecular flexibility index (Phi) is 4.90. The number of hydrogen-bond acceptors (Lipinski definition) is 1. The summed E-state index contributed by atoms with van der Waals surface area (Å²) in [5, 5.41) is 9.16. The van der Waals surface area contributed by atoms with Crippen LogP contribution in [0.2, 0.25) is 23.7 Å². The summed E-state index contributed by atoms with van der Waals surface area (Å²) in [6.07, 6.45) is 7.41. The fraction of sp³-hybridized carbons (Fsp3) is 0.833. The van der Waals surface area contributed by atoms with Crippen molar-refractivity contribution in [2.75, 3.05) is 6.61 Å². The molecule has 0 aliphatic heterocycles. The van der Waals surface area contributed by atoms with Crippen LogP contribution in [0, 0.1) is 12.3 Å². The molecule has 0 aliphatic rings. The topological polar surface area (TPSA) is 20.2 Å². The molecule has 0 bridgehead atoms. The lowest BCUT2D eigenvalue weighted by Crippen LogP contribution is -2.41. The van der Waals surface area contributed by atoms with E-state index in [1.807, 2.05) is 0 Å². The van der Waals surface area contributed by atoms with Crippen LogP contribution >= 0.6 is 0 Å². The van der Waals surface area contributed by atoms with Crippen molar-refractivity contribution in [3.8, 4) is 12.3 Å². The second-order valence-corrected chi connectivity index (χ2v) is 11.2. The van der Waals surface area contributed by atoms with Crippen molar-refractivity contribution >= 4 is 8.07 Å². The Hall–Kier alpha value is -0.263. The molecule has 82 valence electrons. The van der Waals surface area contributed by atoms with Crippen LogP contribution in [0.25, 0.3) is 0 Å². The van der Waals surface area contributed by atoms with Gasteiger partial charge in [0.25, 0.3) is 0 Å². The zero-order valence-electron chi connectivity index (χ0n) is 10.2. The zero-order chi connectivity index (χ0) is 11.4. The Morgan fingerprint density at radius 3 is 2.14 bits per heavy atom. The van der Waals surface area contributed by atoms with Crippen molar-refractivity contribution in [3.05, 3.63) is 0 Å². The molecule has 2 heteroatoms. The van der Waals surface area contributed by atoms with Gasteiger partial charge in [0.2, 0.25) is 0 Å². The molecule has 0 heterocycles. The minimum Gasteiger partial charge on any atom is -0.396 e. The van der Waals surface area contributed by atoms with Crippen molar-refractivity contribution in [2.24, 2.45) is 0 Å². The average Bonchev–Trinajstić information content (AvgIpc) is 2.03. The lowest BCUT2D eigenvalue weighted by atomic mass is 10.2. The van der Waals surface area contributed by atoms with E-state index in [4.69, 9.17) is 11.5 Å². The molecule has 0 fully saturated rings. The summed E-state index contributed by atoms with van der Waals surface area (Å²) in [5.74, 6) is 2.93. The molecule has 14 heavy (non-hydrogen) atoms. The first-order valence-electron chi connectivity index (χ1n) is 5.34. The van der Waals surface area contributed by atoms with Crippen LogP contribution in [0.5, 0.6) is 0 Å². The number of terminal acetylenes is 1. The Balaban J connectivity index is 4.60. The zero-order valence-corrected chi connectivity index (χ0v) is 11.2. The third kappa shape index (κ3) is 3.15. The molecule has 1 unspecified atom stereocenters. The summed E-state index contributed by atoms with van der Waals surface area (Å²) in [7, 11) is -1.42. The minimum absolute atomic E-state index is 0.257. The Labute approximate surface area is 89.9 Å². The lowest BCUT2D eigenvalue weighted by molar-refractivity contribution is 0.285. The number of aliphatic hydroxyl groups is 1. The van der Waals surface area contributed by atoms with Crippen LogP contribution < -0.4 is 0 Å². The molecule has 0 saturated carbocycles. The summed E-state index contributed by atoms with van der Waals surface area (Å²) < 4.78 is 0.